The second-order valence-electron chi connectivity index (χ2n) is 6.98. The minimum Gasteiger partial charge on any atom is -0.456 e. The Hall–Kier alpha value is -3.30. The maximum absolute atomic E-state index is 9.10. The predicted molar refractivity (Wildman–Crippen MR) is 114 cm³/mol. The summed E-state index contributed by atoms with van der Waals surface area (Å²) >= 11 is 0. The summed E-state index contributed by atoms with van der Waals surface area (Å²) in [5.74, 6) is 3.79. The van der Waals surface area contributed by atoms with Gasteiger partial charge < -0.3 is 20.1 Å². The van der Waals surface area contributed by atoms with E-state index in [2.05, 4.69) is 35.1 Å². The van der Waals surface area contributed by atoms with Gasteiger partial charge in [0.1, 0.15) is 23.1 Å². The van der Waals surface area contributed by atoms with Crippen LogP contribution in [0.5, 0.6) is 11.5 Å². The maximum atomic E-state index is 9.10. The van der Waals surface area contributed by atoms with E-state index in [-0.39, 0.29) is 6.61 Å². The van der Waals surface area contributed by atoms with Crippen LogP contribution >= 0.6 is 0 Å². The number of ether oxygens (including phenoxy) is 1. The quantitative estimate of drug-likeness (QED) is 0.611. The third-order valence-electron chi connectivity index (χ3n) is 4.76. The number of β-amino-alcohol motifs (C(OH)–C–C–N with tert-alkyl or cyclic N) is 1. The van der Waals surface area contributed by atoms with Crippen molar-refractivity contribution in [2.75, 3.05) is 49.5 Å². The number of pyridine rings is 1. The number of piperazine rings is 1. The molecule has 0 spiro atoms. The van der Waals surface area contributed by atoms with E-state index in [0.717, 1.165) is 31.9 Å². The number of aryl methyl sites for hydroxylation is 1. The Labute approximate surface area is 175 Å². The standard InChI is InChI=1S/C21H25N7O2/c1-16-23-20(26-21(24-16)28-11-9-27(10-12-28)13-14-29)25-19-8-7-18(15-22-19)30-17-5-3-2-4-6-17/h2-8,15,29H,9-14H2,1H3,(H,22,23,24,25,26). The van der Waals surface area contributed by atoms with Gasteiger partial charge in [-0.15, -0.1) is 0 Å². The minimum absolute atomic E-state index is 0.182. The van der Waals surface area contributed by atoms with Crippen molar-refractivity contribution in [2.45, 2.75) is 6.92 Å². The van der Waals surface area contributed by atoms with E-state index in [1.807, 2.05) is 49.4 Å². The summed E-state index contributed by atoms with van der Waals surface area (Å²) in [7, 11) is 0. The van der Waals surface area contributed by atoms with Gasteiger partial charge in [0.15, 0.2) is 0 Å². The maximum Gasteiger partial charge on any atom is 0.233 e. The highest BCUT2D eigenvalue weighted by Gasteiger charge is 2.19. The van der Waals surface area contributed by atoms with Crippen molar-refractivity contribution in [3.8, 4) is 11.5 Å². The number of rotatable bonds is 7. The van der Waals surface area contributed by atoms with Gasteiger partial charge in [-0.3, -0.25) is 4.90 Å². The van der Waals surface area contributed by atoms with Gasteiger partial charge in [0.05, 0.1) is 12.8 Å². The van der Waals surface area contributed by atoms with Crippen molar-refractivity contribution in [3.05, 3.63) is 54.5 Å². The van der Waals surface area contributed by atoms with Crippen molar-refractivity contribution >= 4 is 17.7 Å². The zero-order valence-electron chi connectivity index (χ0n) is 16.9. The molecule has 0 radical (unpaired) electrons. The molecule has 0 saturated carbocycles. The van der Waals surface area contributed by atoms with Crippen molar-refractivity contribution in [2.24, 2.45) is 0 Å². The fourth-order valence-electron chi connectivity index (χ4n) is 3.23. The van der Waals surface area contributed by atoms with Crippen LogP contribution in [-0.2, 0) is 0 Å². The smallest absolute Gasteiger partial charge is 0.233 e. The van der Waals surface area contributed by atoms with Crippen LogP contribution in [0.1, 0.15) is 5.82 Å². The zero-order chi connectivity index (χ0) is 20.8. The fourth-order valence-corrected chi connectivity index (χ4v) is 3.23. The largest absolute Gasteiger partial charge is 0.456 e. The normalized spacial score (nSPS) is 14.5. The van der Waals surface area contributed by atoms with E-state index in [1.54, 1.807) is 6.20 Å². The first-order valence-corrected chi connectivity index (χ1v) is 9.96. The molecule has 30 heavy (non-hydrogen) atoms. The highest BCUT2D eigenvalue weighted by molar-refractivity contribution is 5.50. The number of aliphatic hydroxyl groups excluding tert-OH is 1. The molecule has 0 aliphatic carbocycles. The van der Waals surface area contributed by atoms with Gasteiger partial charge in [-0.2, -0.15) is 15.0 Å². The van der Waals surface area contributed by atoms with Gasteiger partial charge in [-0.05, 0) is 31.2 Å². The molecule has 3 aromatic rings. The third kappa shape index (κ3) is 5.19. The molecule has 1 saturated heterocycles. The molecular formula is C21H25N7O2. The summed E-state index contributed by atoms with van der Waals surface area (Å²) in [6.07, 6.45) is 1.66. The zero-order valence-corrected chi connectivity index (χ0v) is 16.9. The summed E-state index contributed by atoms with van der Waals surface area (Å²) in [5.41, 5.74) is 0. The van der Waals surface area contributed by atoms with E-state index in [1.165, 1.54) is 0 Å². The molecule has 4 rings (SSSR count). The van der Waals surface area contributed by atoms with Crippen LogP contribution in [0.25, 0.3) is 0 Å². The van der Waals surface area contributed by atoms with Crippen molar-refractivity contribution in [3.63, 3.8) is 0 Å². The highest BCUT2D eigenvalue weighted by Crippen LogP contribution is 2.22. The molecule has 1 aromatic carbocycles. The SMILES string of the molecule is Cc1nc(Nc2ccc(Oc3ccccc3)cn2)nc(N2CCN(CCO)CC2)n1. The topological polar surface area (TPSA) is 99.5 Å². The van der Waals surface area contributed by atoms with E-state index in [0.29, 0.717) is 35.8 Å². The van der Waals surface area contributed by atoms with Crippen LogP contribution in [0.15, 0.2) is 48.7 Å². The second kappa shape index (κ2) is 9.47. The van der Waals surface area contributed by atoms with Crippen LogP contribution in [0.3, 0.4) is 0 Å². The highest BCUT2D eigenvalue weighted by atomic mass is 16.5. The molecule has 1 aliphatic heterocycles. The molecule has 0 atom stereocenters. The average molecular weight is 407 g/mol. The number of para-hydroxylation sites is 1. The van der Waals surface area contributed by atoms with Gasteiger partial charge in [0.25, 0.3) is 0 Å². The molecule has 1 fully saturated rings. The number of nitrogens with one attached hydrogen (secondary N) is 1. The van der Waals surface area contributed by atoms with Crippen LogP contribution in [-0.4, -0.2) is 69.3 Å². The lowest BCUT2D eigenvalue weighted by Gasteiger charge is -2.34. The number of aliphatic hydroxyl groups is 1. The Bertz CT molecular complexity index is 945. The van der Waals surface area contributed by atoms with Crippen molar-refractivity contribution in [1.29, 1.82) is 0 Å². The molecule has 0 amide bonds. The van der Waals surface area contributed by atoms with E-state index in [9.17, 15) is 0 Å². The molecule has 2 aromatic heterocycles. The van der Waals surface area contributed by atoms with Crippen LogP contribution in [0.4, 0.5) is 17.7 Å². The fraction of sp³-hybridized carbons (Fsp3) is 0.333. The van der Waals surface area contributed by atoms with Crippen LogP contribution in [0.2, 0.25) is 0 Å². The molecule has 0 unspecified atom stereocenters. The minimum atomic E-state index is 0.182. The Morgan fingerprint density at radius 2 is 1.77 bits per heavy atom. The number of hydrogen-bond acceptors (Lipinski definition) is 9. The second-order valence-corrected chi connectivity index (χ2v) is 6.98. The van der Waals surface area contributed by atoms with Gasteiger partial charge in [-0.1, -0.05) is 18.2 Å². The molecule has 156 valence electrons. The molecule has 1 aliphatic rings. The van der Waals surface area contributed by atoms with Gasteiger partial charge in [0, 0.05) is 32.7 Å². The lowest BCUT2D eigenvalue weighted by Crippen LogP contribution is -2.47. The van der Waals surface area contributed by atoms with Crippen LogP contribution in [0, 0.1) is 6.92 Å². The first-order chi connectivity index (χ1) is 14.7. The Morgan fingerprint density at radius 1 is 0.967 bits per heavy atom. The summed E-state index contributed by atoms with van der Waals surface area (Å²) in [6.45, 7) is 6.10. The third-order valence-corrected chi connectivity index (χ3v) is 4.76. The van der Waals surface area contributed by atoms with E-state index in [4.69, 9.17) is 9.84 Å². The summed E-state index contributed by atoms with van der Waals surface area (Å²) in [5, 5.41) is 12.2. The molecular weight excluding hydrogens is 382 g/mol. The van der Waals surface area contributed by atoms with Crippen LogP contribution < -0.4 is 15.0 Å². The summed E-state index contributed by atoms with van der Waals surface area (Å²) < 4.78 is 5.77. The molecule has 9 heteroatoms. The molecule has 0 bridgehead atoms. The van der Waals surface area contributed by atoms with E-state index < -0.39 is 0 Å². The monoisotopic (exact) mass is 407 g/mol. The number of aromatic nitrogens is 4. The number of anilines is 3. The molecule has 9 nitrogen and oxygen atoms in total. The van der Waals surface area contributed by atoms with E-state index >= 15 is 0 Å². The van der Waals surface area contributed by atoms with Gasteiger partial charge >= 0.3 is 0 Å². The molecule has 3 heterocycles. The van der Waals surface area contributed by atoms with Gasteiger partial charge in [-0.25, -0.2) is 4.98 Å². The number of benzene rings is 1. The van der Waals surface area contributed by atoms with Crippen molar-refractivity contribution < 1.29 is 9.84 Å². The lowest BCUT2D eigenvalue weighted by atomic mass is 10.3. The summed E-state index contributed by atoms with van der Waals surface area (Å²) in [6, 6.07) is 13.2. The Morgan fingerprint density at radius 3 is 2.47 bits per heavy atom. The lowest BCUT2D eigenvalue weighted by molar-refractivity contribution is 0.188. The average Bonchev–Trinajstić information content (AvgIpc) is 2.76. The first-order valence-electron chi connectivity index (χ1n) is 9.96. The Balaban J connectivity index is 1.41. The predicted octanol–water partition coefficient (Wildman–Crippen LogP) is 2.23. The first kappa shape index (κ1) is 20.0. The number of nitrogens with zero attached hydrogens (tertiary/aromatic N) is 6. The Kier molecular flexibility index (Phi) is 6.31. The van der Waals surface area contributed by atoms with Crippen molar-refractivity contribution in [1.82, 2.24) is 24.8 Å². The number of hydrogen-bond donors (Lipinski definition) is 2. The van der Waals surface area contributed by atoms with Gasteiger partial charge in [0.2, 0.25) is 11.9 Å². The summed E-state index contributed by atoms with van der Waals surface area (Å²) in [4.78, 5) is 22.2. The molecule has 2 N–H and O–H groups in total.